The smallest absolute Gasteiger partial charge is 0.333 e. The summed E-state index contributed by atoms with van der Waals surface area (Å²) < 4.78 is 0. The van der Waals surface area contributed by atoms with Gasteiger partial charge in [0.1, 0.15) is 0 Å². The quantitative estimate of drug-likeness (QED) is 0.790. The lowest BCUT2D eigenvalue weighted by atomic mass is 9.90. The first-order valence-corrected chi connectivity index (χ1v) is 9.30. The van der Waals surface area contributed by atoms with Crippen molar-refractivity contribution in [1.29, 1.82) is 0 Å². The van der Waals surface area contributed by atoms with E-state index in [-0.39, 0.29) is 17.9 Å². The predicted octanol–water partition coefficient (Wildman–Crippen LogP) is 2.48. The molecule has 144 valence electrons. The molecule has 0 radical (unpaired) electrons. The van der Waals surface area contributed by atoms with Gasteiger partial charge in [0.15, 0.2) is 6.10 Å². The first-order valence-electron chi connectivity index (χ1n) is 8.92. The van der Waals surface area contributed by atoms with Crippen LogP contribution in [0.5, 0.6) is 0 Å². The van der Waals surface area contributed by atoms with E-state index in [1.165, 1.54) is 0 Å². The van der Waals surface area contributed by atoms with Gasteiger partial charge in [0.25, 0.3) is 0 Å². The molecule has 1 heterocycles. The lowest BCUT2D eigenvalue weighted by Gasteiger charge is -2.42. The van der Waals surface area contributed by atoms with E-state index in [1.54, 1.807) is 4.90 Å². The molecule has 0 saturated carbocycles. The van der Waals surface area contributed by atoms with Crippen LogP contribution in [0.3, 0.4) is 0 Å². The molecule has 2 rings (SSSR count). The molecule has 1 aromatic rings. The third kappa shape index (κ3) is 4.89. The van der Waals surface area contributed by atoms with Crippen LogP contribution in [0.1, 0.15) is 27.2 Å². The average Bonchev–Trinajstić information content (AvgIpc) is 2.58. The molecule has 6 nitrogen and oxygen atoms in total. The van der Waals surface area contributed by atoms with Gasteiger partial charge >= 0.3 is 5.97 Å². The minimum Gasteiger partial charge on any atom is -0.479 e. The van der Waals surface area contributed by atoms with Gasteiger partial charge in [-0.05, 0) is 43.5 Å². The molecule has 1 aliphatic rings. The number of carboxylic acids is 1. The number of aliphatic hydroxyl groups is 1. The normalized spacial score (nSPS) is 20.2. The van der Waals surface area contributed by atoms with E-state index < -0.39 is 18.0 Å². The van der Waals surface area contributed by atoms with Crippen LogP contribution in [0, 0.1) is 11.8 Å². The highest BCUT2D eigenvalue weighted by Gasteiger charge is 2.38. The van der Waals surface area contributed by atoms with Gasteiger partial charge in [-0.1, -0.05) is 25.4 Å². The lowest BCUT2D eigenvalue weighted by molar-refractivity contribution is -0.158. The highest BCUT2D eigenvalue weighted by atomic mass is 35.5. The average molecular weight is 383 g/mol. The van der Waals surface area contributed by atoms with E-state index >= 15 is 0 Å². The van der Waals surface area contributed by atoms with Crippen LogP contribution < -0.4 is 4.90 Å². The molecule has 0 bridgehead atoms. The Labute approximate surface area is 159 Å². The van der Waals surface area contributed by atoms with Crippen LogP contribution >= 0.6 is 11.6 Å². The van der Waals surface area contributed by atoms with E-state index in [9.17, 15) is 14.7 Å². The Morgan fingerprint density at radius 2 is 1.85 bits per heavy atom. The van der Waals surface area contributed by atoms with Gasteiger partial charge in [0.2, 0.25) is 5.91 Å². The zero-order valence-electron chi connectivity index (χ0n) is 15.4. The Morgan fingerprint density at radius 3 is 2.35 bits per heavy atom. The molecule has 1 fully saturated rings. The first kappa shape index (κ1) is 20.5. The molecule has 1 amide bonds. The highest BCUT2D eigenvalue weighted by molar-refractivity contribution is 6.30. The van der Waals surface area contributed by atoms with Gasteiger partial charge in [-0.3, -0.25) is 4.79 Å². The van der Waals surface area contributed by atoms with Crippen molar-refractivity contribution in [2.75, 3.05) is 24.5 Å². The number of hydrogen-bond donors (Lipinski definition) is 2. The number of carbonyl (C=O) groups is 2. The fourth-order valence-electron chi connectivity index (χ4n) is 3.43. The molecular formula is C19H27ClN2O4. The summed E-state index contributed by atoms with van der Waals surface area (Å²) in [5, 5.41) is 19.8. The van der Waals surface area contributed by atoms with Crippen molar-refractivity contribution in [3.63, 3.8) is 0 Å². The standard InChI is InChI=1S/C19H27ClN2O4/c1-12(2)10-16(17(23)19(25)26)18(24)22-9-8-21(11-13(22)3)15-6-4-14(20)5-7-15/h4-7,12-13,16-17,23H,8-11H2,1-3H3,(H,25,26)/t13-,16+,17+/m1/s1. The Morgan fingerprint density at radius 1 is 1.23 bits per heavy atom. The van der Waals surface area contributed by atoms with Crippen LogP contribution in [-0.4, -0.2) is 58.8 Å². The second-order valence-corrected chi connectivity index (χ2v) is 7.76. The third-order valence-corrected chi connectivity index (χ3v) is 5.03. The Balaban J connectivity index is 2.09. The topological polar surface area (TPSA) is 81.1 Å². The van der Waals surface area contributed by atoms with Crippen molar-refractivity contribution in [1.82, 2.24) is 4.90 Å². The van der Waals surface area contributed by atoms with Crippen LogP contribution in [0.4, 0.5) is 5.69 Å². The van der Waals surface area contributed by atoms with E-state index in [4.69, 9.17) is 16.7 Å². The molecule has 1 saturated heterocycles. The molecule has 0 spiro atoms. The Hall–Kier alpha value is -1.79. The number of rotatable bonds is 6. The van der Waals surface area contributed by atoms with Crippen molar-refractivity contribution in [2.45, 2.75) is 39.3 Å². The minimum absolute atomic E-state index is 0.0809. The van der Waals surface area contributed by atoms with E-state index in [0.29, 0.717) is 31.1 Å². The molecule has 0 unspecified atom stereocenters. The molecule has 26 heavy (non-hydrogen) atoms. The third-order valence-electron chi connectivity index (χ3n) is 4.78. The number of hydrogen-bond acceptors (Lipinski definition) is 4. The van der Waals surface area contributed by atoms with E-state index in [0.717, 1.165) is 5.69 Å². The second-order valence-electron chi connectivity index (χ2n) is 7.32. The number of piperazine rings is 1. The Bertz CT molecular complexity index is 635. The van der Waals surface area contributed by atoms with E-state index in [2.05, 4.69) is 4.90 Å². The summed E-state index contributed by atoms with van der Waals surface area (Å²) in [6.45, 7) is 7.55. The maximum absolute atomic E-state index is 12.9. The van der Waals surface area contributed by atoms with Crippen LogP contribution in [-0.2, 0) is 9.59 Å². The molecule has 7 heteroatoms. The number of amides is 1. The molecule has 2 N–H and O–H groups in total. The molecule has 1 aliphatic heterocycles. The number of aliphatic hydroxyl groups excluding tert-OH is 1. The van der Waals surface area contributed by atoms with Crippen molar-refractivity contribution >= 4 is 29.2 Å². The predicted molar refractivity (Wildman–Crippen MR) is 101 cm³/mol. The van der Waals surface area contributed by atoms with Crippen LogP contribution in [0.2, 0.25) is 5.02 Å². The van der Waals surface area contributed by atoms with Crippen molar-refractivity contribution in [2.24, 2.45) is 11.8 Å². The molecule has 1 aromatic carbocycles. The van der Waals surface area contributed by atoms with Gasteiger partial charge < -0.3 is 20.0 Å². The molecular weight excluding hydrogens is 356 g/mol. The minimum atomic E-state index is -1.67. The van der Waals surface area contributed by atoms with Gasteiger partial charge in [0, 0.05) is 36.4 Å². The molecule has 0 aromatic heterocycles. The van der Waals surface area contributed by atoms with Crippen molar-refractivity contribution in [3.8, 4) is 0 Å². The SMILES string of the molecule is CC(C)C[C@H](C(=O)N1CCN(c2ccc(Cl)cc2)C[C@H]1C)[C@H](O)C(=O)O. The fraction of sp³-hybridized carbons (Fsp3) is 0.579. The maximum atomic E-state index is 12.9. The summed E-state index contributed by atoms with van der Waals surface area (Å²) >= 11 is 5.93. The summed E-state index contributed by atoms with van der Waals surface area (Å²) in [6, 6.07) is 7.48. The molecule has 0 aliphatic carbocycles. The maximum Gasteiger partial charge on any atom is 0.333 e. The van der Waals surface area contributed by atoms with Gasteiger partial charge in [-0.25, -0.2) is 4.79 Å². The number of aliphatic carboxylic acids is 1. The summed E-state index contributed by atoms with van der Waals surface area (Å²) in [5.41, 5.74) is 1.04. The second kappa shape index (κ2) is 8.73. The summed E-state index contributed by atoms with van der Waals surface area (Å²) in [4.78, 5) is 28.0. The summed E-state index contributed by atoms with van der Waals surface area (Å²) in [6.07, 6.45) is -1.33. The summed E-state index contributed by atoms with van der Waals surface area (Å²) in [7, 11) is 0. The zero-order valence-corrected chi connectivity index (χ0v) is 16.2. The number of halogens is 1. The van der Waals surface area contributed by atoms with E-state index in [1.807, 2.05) is 45.0 Å². The largest absolute Gasteiger partial charge is 0.479 e. The zero-order chi connectivity index (χ0) is 19.4. The lowest BCUT2D eigenvalue weighted by Crippen LogP contribution is -2.57. The number of anilines is 1. The molecule has 3 atom stereocenters. The number of carbonyl (C=O) groups excluding carboxylic acids is 1. The van der Waals surface area contributed by atoms with Crippen molar-refractivity contribution in [3.05, 3.63) is 29.3 Å². The number of carboxylic acid groups (broad SMARTS) is 1. The van der Waals surface area contributed by atoms with Gasteiger partial charge in [-0.15, -0.1) is 0 Å². The highest BCUT2D eigenvalue weighted by Crippen LogP contribution is 2.25. The van der Waals surface area contributed by atoms with Crippen LogP contribution in [0.15, 0.2) is 24.3 Å². The number of nitrogens with zero attached hydrogens (tertiary/aromatic N) is 2. The van der Waals surface area contributed by atoms with Crippen LogP contribution in [0.25, 0.3) is 0 Å². The van der Waals surface area contributed by atoms with Gasteiger partial charge in [-0.2, -0.15) is 0 Å². The number of benzene rings is 1. The summed E-state index contributed by atoms with van der Waals surface area (Å²) in [5.74, 6) is -2.44. The first-order chi connectivity index (χ1) is 12.2. The Kier molecular flexibility index (Phi) is 6.89. The monoisotopic (exact) mass is 382 g/mol. The van der Waals surface area contributed by atoms with Gasteiger partial charge in [0.05, 0.1) is 5.92 Å². The fourth-order valence-corrected chi connectivity index (χ4v) is 3.56. The van der Waals surface area contributed by atoms with Crippen molar-refractivity contribution < 1.29 is 19.8 Å².